The van der Waals surface area contributed by atoms with Crippen LogP contribution in [0.15, 0.2) is 48.5 Å². The van der Waals surface area contributed by atoms with Gasteiger partial charge >= 0.3 is 0 Å². The van der Waals surface area contributed by atoms with Gasteiger partial charge in [0.2, 0.25) is 0 Å². The van der Waals surface area contributed by atoms with Crippen molar-refractivity contribution in [1.82, 2.24) is 5.06 Å². The first-order valence-electron chi connectivity index (χ1n) is 6.75. The SMILES string of the molecule is CN(C)Oc1ccc(Cc2ccc(N(C)C)cc2)cc1. The summed E-state index contributed by atoms with van der Waals surface area (Å²) in [5.41, 5.74) is 3.83. The molecule has 3 heteroatoms. The molecule has 0 radical (unpaired) electrons. The summed E-state index contributed by atoms with van der Waals surface area (Å²) in [6, 6.07) is 16.9. The van der Waals surface area contributed by atoms with Gasteiger partial charge in [-0.25, -0.2) is 0 Å². The molecule has 0 aromatic heterocycles. The van der Waals surface area contributed by atoms with E-state index in [0.29, 0.717) is 0 Å². The lowest BCUT2D eigenvalue weighted by atomic mass is 10.0. The number of benzene rings is 2. The van der Waals surface area contributed by atoms with Gasteiger partial charge in [0, 0.05) is 33.9 Å². The summed E-state index contributed by atoms with van der Waals surface area (Å²) in [6.45, 7) is 0. The number of nitrogens with zero attached hydrogens (tertiary/aromatic N) is 2. The molecule has 20 heavy (non-hydrogen) atoms. The third kappa shape index (κ3) is 4.00. The molecule has 0 fully saturated rings. The molecule has 2 rings (SSSR count). The van der Waals surface area contributed by atoms with Crippen molar-refractivity contribution in [3.63, 3.8) is 0 Å². The number of hydrogen-bond acceptors (Lipinski definition) is 3. The van der Waals surface area contributed by atoms with Crippen LogP contribution in [0, 0.1) is 0 Å². The first kappa shape index (κ1) is 14.4. The Morgan fingerprint density at radius 1 is 0.750 bits per heavy atom. The van der Waals surface area contributed by atoms with Gasteiger partial charge < -0.3 is 9.74 Å². The summed E-state index contributed by atoms with van der Waals surface area (Å²) in [5.74, 6) is 0.863. The molecule has 0 saturated carbocycles. The molecule has 3 nitrogen and oxygen atoms in total. The fraction of sp³-hybridized carbons (Fsp3) is 0.294. The number of rotatable bonds is 5. The highest BCUT2D eigenvalue weighted by Gasteiger charge is 2.00. The lowest BCUT2D eigenvalue weighted by molar-refractivity contribution is -0.00327. The van der Waals surface area contributed by atoms with Crippen LogP contribution in [0.5, 0.6) is 5.75 Å². The highest BCUT2D eigenvalue weighted by atomic mass is 16.7. The highest BCUT2D eigenvalue weighted by molar-refractivity contribution is 5.46. The zero-order valence-corrected chi connectivity index (χ0v) is 12.6. The third-order valence-corrected chi connectivity index (χ3v) is 3.07. The van der Waals surface area contributed by atoms with Crippen molar-refractivity contribution in [1.29, 1.82) is 0 Å². The Morgan fingerprint density at radius 2 is 1.25 bits per heavy atom. The minimum Gasteiger partial charge on any atom is -0.407 e. The summed E-state index contributed by atoms with van der Waals surface area (Å²) in [5, 5.41) is 1.69. The molecule has 0 N–H and O–H groups in total. The van der Waals surface area contributed by atoms with Crippen LogP contribution in [0.3, 0.4) is 0 Å². The normalized spacial score (nSPS) is 10.7. The standard InChI is InChI=1S/C17H22N2O/c1-18(2)16-9-5-14(6-10-16)13-15-7-11-17(12-8-15)20-19(3)4/h5-12H,13H2,1-4H3. The van der Waals surface area contributed by atoms with E-state index in [1.807, 2.05) is 26.2 Å². The maximum atomic E-state index is 5.49. The van der Waals surface area contributed by atoms with Crippen LogP contribution in [0.2, 0.25) is 0 Å². The van der Waals surface area contributed by atoms with Crippen molar-refractivity contribution >= 4 is 5.69 Å². The Hall–Kier alpha value is -2.00. The van der Waals surface area contributed by atoms with Crippen LogP contribution in [0.25, 0.3) is 0 Å². The highest BCUT2D eigenvalue weighted by Crippen LogP contribution is 2.18. The smallest absolute Gasteiger partial charge is 0.147 e. The van der Waals surface area contributed by atoms with Gasteiger partial charge in [-0.1, -0.05) is 24.3 Å². The molecule has 106 valence electrons. The molecule has 0 unspecified atom stereocenters. The molecule has 2 aromatic rings. The first-order valence-corrected chi connectivity index (χ1v) is 6.75. The van der Waals surface area contributed by atoms with E-state index in [1.54, 1.807) is 5.06 Å². The molecule has 0 amide bonds. The van der Waals surface area contributed by atoms with Gasteiger partial charge in [0.15, 0.2) is 0 Å². The van der Waals surface area contributed by atoms with Gasteiger partial charge in [-0.15, -0.1) is 0 Å². The van der Waals surface area contributed by atoms with E-state index in [9.17, 15) is 0 Å². The number of hydroxylamine groups is 2. The van der Waals surface area contributed by atoms with Crippen molar-refractivity contribution in [3.05, 3.63) is 59.7 Å². The van der Waals surface area contributed by atoms with E-state index in [4.69, 9.17) is 4.84 Å². The van der Waals surface area contributed by atoms with Crippen molar-refractivity contribution in [2.45, 2.75) is 6.42 Å². The lowest BCUT2D eigenvalue weighted by Gasteiger charge is -2.13. The summed E-state index contributed by atoms with van der Waals surface area (Å²) >= 11 is 0. The maximum Gasteiger partial charge on any atom is 0.147 e. The Labute approximate surface area is 121 Å². The second-order valence-corrected chi connectivity index (χ2v) is 5.29. The fourth-order valence-corrected chi connectivity index (χ4v) is 2.03. The quantitative estimate of drug-likeness (QED) is 0.776. The molecule has 0 saturated heterocycles. The largest absolute Gasteiger partial charge is 0.407 e. The predicted octanol–water partition coefficient (Wildman–Crippen LogP) is 3.20. The molecule has 0 atom stereocenters. The molecule has 0 aliphatic heterocycles. The minimum atomic E-state index is 0.863. The summed E-state index contributed by atoms with van der Waals surface area (Å²) in [7, 11) is 7.86. The van der Waals surface area contributed by atoms with Gasteiger partial charge in [-0.3, -0.25) is 0 Å². The van der Waals surface area contributed by atoms with E-state index in [2.05, 4.69) is 55.4 Å². The fourth-order valence-electron chi connectivity index (χ4n) is 2.03. The van der Waals surface area contributed by atoms with Crippen LogP contribution < -0.4 is 9.74 Å². The van der Waals surface area contributed by atoms with E-state index in [0.717, 1.165) is 12.2 Å². The summed E-state index contributed by atoms with van der Waals surface area (Å²) in [4.78, 5) is 7.60. The Morgan fingerprint density at radius 3 is 1.70 bits per heavy atom. The molecular weight excluding hydrogens is 248 g/mol. The van der Waals surface area contributed by atoms with Crippen LogP contribution in [0.4, 0.5) is 5.69 Å². The minimum absolute atomic E-state index is 0.863. The van der Waals surface area contributed by atoms with Crippen molar-refractivity contribution in [2.24, 2.45) is 0 Å². The number of anilines is 1. The van der Waals surface area contributed by atoms with E-state index in [1.165, 1.54) is 16.8 Å². The van der Waals surface area contributed by atoms with Gasteiger partial charge in [0.1, 0.15) is 5.75 Å². The van der Waals surface area contributed by atoms with Crippen LogP contribution in [-0.4, -0.2) is 33.3 Å². The van der Waals surface area contributed by atoms with Gasteiger partial charge in [0.05, 0.1) is 0 Å². The molecular formula is C17H22N2O. The first-order chi connectivity index (χ1) is 9.54. The molecule has 0 aliphatic rings. The van der Waals surface area contributed by atoms with Gasteiger partial charge in [-0.2, -0.15) is 5.06 Å². The topological polar surface area (TPSA) is 15.7 Å². The molecule has 0 bridgehead atoms. The monoisotopic (exact) mass is 270 g/mol. The second kappa shape index (κ2) is 6.44. The molecule has 0 spiro atoms. The summed E-state index contributed by atoms with van der Waals surface area (Å²) in [6.07, 6.45) is 0.940. The van der Waals surface area contributed by atoms with Gasteiger partial charge in [-0.05, 0) is 41.8 Å². The van der Waals surface area contributed by atoms with Crippen LogP contribution >= 0.6 is 0 Å². The van der Waals surface area contributed by atoms with Crippen molar-refractivity contribution in [3.8, 4) is 5.75 Å². The van der Waals surface area contributed by atoms with E-state index >= 15 is 0 Å². The van der Waals surface area contributed by atoms with Gasteiger partial charge in [0.25, 0.3) is 0 Å². The predicted molar refractivity (Wildman–Crippen MR) is 84.3 cm³/mol. The van der Waals surface area contributed by atoms with Crippen molar-refractivity contribution < 1.29 is 4.84 Å². The number of hydrogen-bond donors (Lipinski definition) is 0. The third-order valence-electron chi connectivity index (χ3n) is 3.07. The van der Waals surface area contributed by atoms with Crippen LogP contribution in [-0.2, 0) is 6.42 Å². The maximum absolute atomic E-state index is 5.49. The van der Waals surface area contributed by atoms with E-state index < -0.39 is 0 Å². The lowest BCUT2D eigenvalue weighted by Crippen LogP contribution is -2.15. The summed E-state index contributed by atoms with van der Waals surface area (Å²) < 4.78 is 0. The zero-order chi connectivity index (χ0) is 14.5. The molecule has 0 heterocycles. The van der Waals surface area contributed by atoms with E-state index in [-0.39, 0.29) is 0 Å². The average molecular weight is 270 g/mol. The van der Waals surface area contributed by atoms with Crippen LogP contribution in [0.1, 0.15) is 11.1 Å². The van der Waals surface area contributed by atoms with Crippen molar-refractivity contribution in [2.75, 3.05) is 33.1 Å². The molecule has 0 aliphatic carbocycles. The Kier molecular flexibility index (Phi) is 4.64. The zero-order valence-electron chi connectivity index (χ0n) is 12.6. The second-order valence-electron chi connectivity index (χ2n) is 5.29. The average Bonchev–Trinajstić information content (AvgIpc) is 2.41. The Bertz CT molecular complexity index is 530. The molecule has 2 aromatic carbocycles. The Balaban J connectivity index is 2.02.